The number of allylic oxidation sites excluding steroid dienone is 4. The number of nitrogens with two attached hydrogens (primary N) is 1. The van der Waals surface area contributed by atoms with E-state index in [1.54, 1.807) is 6.08 Å². The fourth-order valence-corrected chi connectivity index (χ4v) is 0.289. The predicted octanol–water partition coefficient (Wildman–Crippen LogP) is 2.66. The van der Waals surface area contributed by atoms with E-state index in [1.165, 1.54) is 0 Å². The highest BCUT2D eigenvalue weighted by molar-refractivity contribution is 4.96. The van der Waals surface area contributed by atoms with Gasteiger partial charge in [0.15, 0.2) is 0 Å². The molecule has 0 aromatic rings. The first kappa shape index (κ1) is 12.8. The Labute approximate surface area is 70.3 Å². The van der Waals surface area contributed by atoms with Gasteiger partial charge in [0.25, 0.3) is 0 Å². The zero-order valence-corrected chi connectivity index (χ0v) is 7.59. The summed E-state index contributed by atoms with van der Waals surface area (Å²) in [5.41, 5.74) is 5.18. The summed E-state index contributed by atoms with van der Waals surface area (Å²) in [6.07, 6.45) is 10.6. The van der Waals surface area contributed by atoms with Gasteiger partial charge in [-0.2, -0.15) is 0 Å². The third-order valence-corrected chi connectivity index (χ3v) is 0.939. The maximum atomic E-state index is 5.18. The van der Waals surface area contributed by atoms with Crippen LogP contribution in [0.3, 0.4) is 0 Å². The molecular weight excluding hydrogens is 134 g/mol. The van der Waals surface area contributed by atoms with Crippen molar-refractivity contribution in [2.24, 2.45) is 5.73 Å². The SMILES string of the molecule is C/C=C\C.C=C/C=C/CCN. The van der Waals surface area contributed by atoms with Crippen LogP contribution in [0.4, 0.5) is 0 Å². The fraction of sp³-hybridized carbons (Fsp3) is 0.400. The summed E-state index contributed by atoms with van der Waals surface area (Å²) in [4.78, 5) is 0. The summed E-state index contributed by atoms with van der Waals surface area (Å²) >= 11 is 0. The second-order valence-electron chi connectivity index (χ2n) is 1.91. The minimum Gasteiger partial charge on any atom is -0.330 e. The Morgan fingerprint density at radius 3 is 2.09 bits per heavy atom. The van der Waals surface area contributed by atoms with Crippen LogP contribution in [0.15, 0.2) is 37.0 Å². The molecular formula is C10H19N. The van der Waals surface area contributed by atoms with E-state index in [2.05, 4.69) is 6.58 Å². The molecule has 0 aromatic heterocycles. The molecule has 0 saturated carbocycles. The van der Waals surface area contributed by atoms with Crippen molar-refractivity contribution in [2.45, 2.75) is 20.3 Å². The predicted molar refractivity (Wildman–Crippen MR) is 53.5 cm³/mol. The molecule has 0 fully saturated rings. The van der Waals surface area contributed by atoms with Crippen molar-refractivity contribution in [3.63, 3.8) is 0 Å². The van der Waals surface area contributed by atoms with Crippen LogP contribution in [0.5, 0.6) is 0 Å². The smallest absolute Gasteiger partial charge is 0.00425 e. The molecule has 0 rings (SSSR count). The molecule has 0 radical (unpaired) electrons. The zero-order valence-electron chi connectivity index (χ0n) is 7.59. The van der Waals surface area contributed by atoms with Gasteiger partial charge in [0.05, 0.1) is 0 Å². The van der Waals surface area contributed by atoms with Crippen LogP contribution in [-0.4, -0.2) is 6.54 Å². The number of rotatable bonds is 3. The van der Waals surface area contributed by atoms with Crippen LogP contribution >= 0.6 is 0 Å². The zero-order chi connectivity index (χ0) is 8.95. The Hall–Kier alpha value is -0.820. The summed E-state index contributed by atoms with van der Waals surface area (Å²) in [5.74, 6) is 0. The molecule has 0 amide bonds. The van der Waals surface area contributed by atoms with Gasteiger partial charge < -0.3 is 5.73 Å². The lowest BCUT2D eigenvalue weighted by Crippen LogP contribution is -1.94. The topological polar surface area (TPSA) is 26.0 Å². The van der Waals surface area contributed by atoms with Gasteiger partial charge in [0.1, 0.15) is 0 Å². The van der Waals surface area contributed by atoms with E-state index >= 15 is 0 Å². The molecule has 1 heteroatoms. The molecule has 0 unspecified atom stereocenters. The molecule has 0 atom stereocenters. The summed E-state index contributed by atoms with van der Waals surface area (Å²) in [6, 6.07) is 0. The van der Waals surface area contributed by atoms with E-state index < -0.39 is 0 Å². The van der Waals surface area contributed by atoms with Crippen molar-refractivity contribution >= 4 is 0 Å². The van der Waals surface area contributed by atoms with Gasteiger partial charge in [0.2, 0.25) is 0 Å². The van der Waals surface area contributed by atoms with Gasteiger partial charge in [0, 0.05) is 0 Å². The monoisotopic (exact) mass is 153 g/mol. The van der Waals surface area contributed by atoms with Gasteiger partial charge in [-0.3, -0.25) is 0 Å². The van der Waals surface area contributed by atoms with Gasteiger partial charge in [-0.15, -0.1) is 0 Å². The van der Waals surface area contributed by atoms with Crippen LogP contribution < -0.4 is 5.73 Å². The molecule has 0 saturated heterocycles. The van der Waals surface area contributed by atoms with Crippen molar-refractivity contribution in [3.8, 4) is 0 Å². The molecule has 0 heterocycles. The minimum atomic E-state index is 0.727. The molecule has 0 aliphatic carbocycles. The van der Waals surface area contributed by atoms with Crippen molar-refractivity contribution in [1.82, 2.24) is 0 Å². The molecule has 2 N–H and O–H groups in total. The Morgan fingerprint density at radius 1 is 1.27 bits per heavy atom. The van der Waals surface area contributed by atoms with E-state index in [0.717, 1.165) is 13.0 Å². The first-order valence-electron chi connectivity index (χ1n) is 3.88. The molecule has 0 spiro atoms. The fourth-order valence-electron chi connectivity index (χ4n) is 0.289. The average Bonchev–Trinajstić information content (AvgIpc) is 2.06. The molecule has 64 valence electrons. The largest absolute Gasteiger partial charge is 0.330 e. The van der Waals surface area contributed by atoms with Crippen molar-refractivity contribution < 1.29 is 0 Å². The van der Waals surface area contributed by atoms with Crippen LogP contribution in [0.2, 0.25) is 0 Å². The average molecular weight is 153 g/mol. The van der Waals surface area contributed by atoms with Gasteiger partial charge in [-0.1, -0.05) is 37.0 Å². The van der Waals surface area contributed by atoms with Gasteiger partial charge in [-0.05, 0) is 26.8 Å². The van der Waals surface area contributed by atoms with Crippen LogP contribution in [-0.2, 0) is 0 Å². The standard InChI is InChI=1S/C6H11N.C4H8/c1-2-3-4-5-6-7;1-3-4-2/h2-4H,1,5-7H2;3-4H,1-2H3/b4-3+;4-3-. The molecule has 0 bridgehead atoms. The summed E-state index contributed by atoms with van der Waals surface area (Å²) in [5, 5.41) is 0. The highest BCUT2D eigenvalue weighted by atomic mass is 14.5. The summed E-state index contributed by atoms with van der Waals surface area (Å²) in [7, 11) is 0. The van der Waals surface area contributed by atoms with E-state index in [-0.39, 0.29) is 0 Å². The normalized spacial score (nSPS) is 9.73. The van der Waals surface area contributed by atoms with Crippen LogP contribution in [0.1, 0.15) is 20.3 Å². The summed E-state index contributed by atoms with van der Waals surface area (Å²) in [6.45, 7) is 8.23. The third-order valence-electron chi connectivity index (χ3n) is 0.939. The Balaban J connectivity index is 0. The van der Waals surface area contributed by atoms with Gasteiger partial charge >= 0.3 is 0 Å². The van der Waals surface area contributed by atoms with Crippen molar-refractivity contribution in [2.75, 3.05) is 6.54 Å². The lowest BCUT2D eigenvalue weighted by atomic mass is 10.4. The second kappa shape index (κ2) is 16.1. The first-order chi connectivity index (χ1) is 5.33. The second-order valence-corrected chi connectivity index (χ2v) is 1.91. The quantitative estimate of drug-likeness (QED) is 0.489. The highest BCUT2D eigenvalue weighted by Gasteiger charge is 1.65. The number of hydrogen-bond acceptors (Lipinski definition) is 1. The maximum absolute atomic E-state index is 5.18. The Kier molecular flexibility index (Phi) is 18.7. The van der Waals surface area contributed by atoms with E-state index in [9.17, 15) is 0 Å². The van der Waals surface area contributed by atoms with Crippen LogP contribution in [0.25, 0.3) is 0 Å². The van der Waals surface area contributed by atoms with E-state index in [0.29, 0.717) is 0 Å². The van der Waals surface area contributed by atoms with Gasteiger partial charge in [-0.25, -0.2) is 0 Å². The lowest BCUT2D eigenvalue weighted by Gasteiger charge is -1.78. The van der Waals surface area contributed by atoms with E-state index in [4.69, 9.17) is 5.73 Å². The number of hydrogen-bond donors (Lipinski definition) is 1. The lowest BCUT2D eigenvalue weighted by molar-refractivity contribution is 1.01. The first-order valence-corrected chi connectivity index (χ1v) is 3.88. The molecule has 0 aliphatic heterocycles. The highest BCUT2D eigenvalue weighted by Crippen LogP contribution is 1.76. The molecule has 0 aromatic carbocycles. The van der Waals surface area contributed by atoms with Crippen molar-refractivity contribution in [3.05, 3.63) is 37.0 Å². The molecule has 11 heavy (non-hydrogen) atoms. The third kappa shape index (κ3) is 27.1. The van der Waals surface area contributed by atoms with Crippen LogP contribution in [0, 0.1) is 0 Å². The minimum absolute atomic E-state index is 0.727. The van der Waals surface area contributed by atoms with Crippen molar-refractivity contribution in [1.29, 1.82) is 0 Å². The Morgan fingerprint density at radius 2 is 1.82 bits per heavy atom. The Bertz CT molecular complexity index is 108. The van der Waals surface area contributed by atoms with E-state index in [1.807, 2.05) is 38.2 Å². The molecule has 0 aliphatic rings. The maximum Gasteiger partial charge on any atom is -0.00425 e. The molecule has 1 nitrogen and oxygen atoms in total. The summed E-state index contributed by atoms with van der Waals surface area (Å²) < 4.78 is 0.